The van der Waals surface area contributed by atoms with Gasteiger partial charge >= 0.3 is 0 Å². The first kappa shape index (κ1) is 14.9. The minimum atomic E-state index is -0.333. The normalized spacial score (nSPS) is 13.4. The lowest BCUT2D eigenvalue weighted by Crippen LogP contribution is -2.30. The van der Waals surface area contributed by atoms with Gasteiger partial charge in [-0.1, -0.05) is 19.9 Å². The van der Waals surface area contributed by atoms with Gasteiger partial charge < -0.3 is 15.8 Å². The van der Waals surface area contributed by atoms with Gasteiger partial charge in [-0.15, -0.1) is 0 Å². The molecular weight excluding hydrogens is 231 g/mol. The number of ether oxygens (including phenoxy) is 1. The molecule has 1 rings (SSSR count). The number of nitrogens with two attached hydrogens (primary N) is 1. The van der Waals surface area contributed by atoms with Gasteiger partial charge in [-0.3, -0.25) is 0 Å². The van der Waals surface area contributed by atoms with E-state index in [0.717, 1.165) is 12.0 Å². The van der Waals surface area contributed by atoms with Crippen LogP contribution in [0.1, 0.15) is 31.9 Å². The number of rotatable bonds is 6. The second kappa shape index (κ2) is 6.16. The highest BCUT2D eigenvalue weighted by Crippen LogP contribution is 2.30. The van der Waals surface area contributed by atoms with Crippen molar-refractivity contribution in [3.8, 4) is 5.75 Å². The van der Waals surface area contributed by atoms with Crippen molar-refractivity contribution in [3.63, 3.8) is 0 Å². The van der Waals surface area contributed by atoms with Crippen molar-refractivity contribution >= 4 is 0 Å². The summed E-state index contributed by atoms with van der Waals surface area (Å²) in [6.45, 7) is 4.82. The van der Waals surface area contributed by atoms with Gasteiger partial charge in [0.2, 0.25) is 0 Å². The van der Waals surface area contributed by atoms with Crippen LogP contribution in [0.2, 0.25) is 0 Å². The maximum Gasteiger partial charge on any atom is 0.165 e. The van der Waals surface area contributed by atoms with Gasteiger partial charge in [-0.25, -0.2) is 4.39 Å². The summed E-state index contributed by atoms with van der Waals surface area (Å²) >= 11 is 0. The third-order valence-electron chi connectivity index (χ3n) is 3.24. The number of halogens is 1. The average molecular weight is 254 g/mol. The van der Waals surface area contributed by atoms with Crippen LogP contribution < -0.4 is 15.8 Å². The van der Waals surface area contributed by atoms with Crippen LogP contribution in [-0.4, -0.2) is 20.7 Å². The third-order valence-corrected chi connectivity index (χ3v) is 3.24. The lowest BCUT2D eigenvalue weighted by atomic mass is 9.83. The molecule has 3 nitrogen and oxygen atoms in total. The molecule has 102 valence electrons. The van der Waals surface area contributed by atoms with Crippen LogP contribution in [0.25, 0.3) is 0 Å². The quantitative estimate of drug-likeness (QED) is 0.820. The van der Waals surface area contributed by atoms with E-state index in [1.807, 2.05) is 13.1 Å². The zero-order valence-corrected chi connectivity index (χ0v) is 11.6. The number of benzene rings is 1. The molecule has 4 heteroatoms. The van der Waals surface area contributed by atoms with E-state index in [0.29, 0.717) is 6.54 Å². The van der Waals surface area contributed by atoms with Crippen molar-refractivity contribution in [2.45, 2.75) is 26.3 Å². The van der Waals surface area contributed by atoms with E-state index in [9.17, 15) is 4.39 Å². The topological polar surface area (TPSA) is 47.3 Å². The Balaban J connectivity index is 2.92. The first-order valence-corrected chi connectivity index (χ1v) is 6.14. The fraction of sp³-hybridized carbons (Fsp3) is 0.571. The third kappa shape index (κ3) is 3.68. The largest absolute Gasteiger partial charge is 0.494 e. The standard InChI is InChI=1S/C14H23FN2O/c1-14(2,9-16)8-12(17-3)10-5-6-13(18-4)11(15)7-10/h5-7,12,17H,8-9,16H2,1-4H3. The molecule has 1 atom stereocenters. The number of hydrogen-bond acceptors (Lipinski definition) is 3. The Morgan fingerprint density at radius 2 is 2.11 bits per heavy atom. The number of nitrogens with one attached hydrogen (secondary N) is 1. The Labute approximate surface area is 109 Å². The predicted octanol–water partition coefficient (Wildman–Crippen LogP) is 2.47. The van der Waals surface area contributed by atoms with Crippen molar-refractivity contribution in [2.24, 2.45) is 11.1 Å². The van der Waals surface area contributed by atoms with E-state index < -0.39 is 0 Å². The molecule has 0 aliphatic heterocycles. The Kier molecular flexibility index (Phi) is 5.11. The van der Waals surface area contributed by atoms with Gasteiger partial charge in [0.25, 0.3) is 0 Å². The molecule has 1 aromatic rings. The second-order valence-electron chi connectivity index (χ2n) is 5.31. The van der Waals surface area contributed by atoms with Gasteiger partial charge in [-0.05, 0) is 43.1 Å². The average Bonchev–Trinajstić information content (AvgIpc) is 2.36. The summed E-state index contributed by atoms with van der Waals surface area (Å²) in [5, 5.41) is 3.21. The van der Waals surface area contributed by atoms with E-state index in [-0.39, 0.29) is 23.0 Å². The molecular formula is C14H23FN2O. The molecule has 1 unspecified atom stereocenters. The highest BCUT2D eigenvalue weighted by atomic mass is 19.1. The Morgan fingerprint density at radius 1 is 1.44 bits per heavy atom. The van der Waals surface area contributed by atoms with Crippen LogP contribution >= 0.6 is 0 Å². The van der Waals surface area contributed by atoms with Crippen molar-refractivity contribution < 1.29 is 9.13 Å². The second-order valence-corrected chi connectivity index (χ2v) is 5.31. The van der Waals surface area contributed by atoms with Crippen molar-refractivity contribution in [2.75, 3.05) is 20.7 Å². The maximum absolute atomic E-state index is 13.7. The molecule has 0 spiro atoms. The van der Waals surface area contributed by atoms with E-state index >= 15 is 0 Å². The highest BCUT2D eigenvalue weighted by Gasteiger charge is 2.22. The van der Waals surface area contributed by atoms with Crippen molar-refractivity contribution in [1.29, 1.82) is 0 Å². The van der Waals surface area contributed by atoms with Crippen LogP contribution in [0.15, 0.2) is 18.2 Å². The first-order valence-electron chi connectivity index (χ1n) is 6.14. The van der Waals surface area contributed by atoms with Gasteiger partial charge in [0.15, 0.2) is 11.6 Å². The molecule has 0 amide bonds. The van der Waals surface area contributed by atoms with Crippen LogP contribution in [0.3, 0.4) is 0 Å². The summed E-state index contributed by atoms with van der Waals surface area (Å²) in [6, 6.07) is 5.15. The fourth-order valence-electron chi connectivity index (χ4n) is 1.92. The molecule has 0 saturated carbocycles. The summed E-state index contributed by atoms with van der Waals surface area (Å²) < 4.78 is 18.6. The zero-order valence-electron chi connectivity index (χ0n) is 11.6. The fourth-order valence-corrected chi connectivity index (χ4v) is 1.92. The summed E-state index contributed by atoms with van der Waals surface area (Å²) in [4.78, 5) is 0. The van der Waals surface area contributed by atoms with Crippen LogP contribution in [0.5, 0.6) is 5.75 Å². The summed E-state index contributed by atoms with van der Waals surface area (Å²) in [6.07, 6.45) is 0.853. The molecule has 0 heterocycles. The number of hydrogen-bond donors (Lipinski definition) is 2. The van der Waals surface area contributed by atoms with E-state index in [1.54, 1.807) is 6.07 Å². The van der Waals surface area contributed by atoms with E-state index in [1.165, 1.54) is 13.2 Å². The molecule has 0 fully saturated rings. The van der Waals surface area contributed by atoms with E-state index in [4.69, 9.17) is 10.5 Å². The molecule has 18 heavy (non-hydrogen) atoms. The summed E-state index contributed by atoms with van der Waals surface area (Å²) in [7, 11) is 3.34. The smallest absolute Gasteiger partial charge is 0.165 e. The molecule has 0 saturated heterocycles. The van der Waals surface area contributed by atoms with Gasteiger partial charge in [0, 0.05) is 6.04 Å². The molecule has 0 aliphatic carbocycles. The molecule has 0 bridgehead atoms. The SMILES string of the molecule is CNC(CC(C)(C)CN)c1ccc(OC)c(F)c1. The minimum absolute atomic E-state index is 0.0179. The van der Waals surface area contributed by atoms with Crippen molar-refractivity contribution in [3.05, 3.63) is 29.6 Å². The monoisotopic (exact) mass is 254 g/mol. The minimum Gasteiger partial charge on any atom is -0.494 e. The number of methoxy groups -OCH3 is 1. The zero-order chi connectivity index (χ0) is 13.8. The van der Waals surface area contributed by atoms with Gasteiger partial charge in [0.05, 0.1) is 7.11 Å². The molecule has 1 aromatic carbocycles. The Morgan fingerprint density at radius 3 is 2.56 bits per heavy atom. The Bertz CT molecular complexity index is 393. The first-order chi connectivity index (χ1) is 8.43. The van der Waals surface area contributed by atoms with Crippen LogP contribution in [0, 0.1) is 11.2 Å². The van der Waals surface area contributed by atoms with E-state index in [2.05, 4.69) is 19.2 Å². The highest BCUT2D eigenvalue weighted by molar-refractivity contribution is 5.31. The molecule has 0 aromatic heterocycles. The predicted molar refractivity (Wildman–Crippen MR) is 72.2 cm³/mol. The van der Waals surface area contributed by atoms with Crippen LogP contribution in [0.4, 0.5) is 4.39 Å². The summed E-state index contributed by atoms with van der Waals surface area (Å²) in [5.41, 5.74) is 6.67. The lowest BCUT2D eigenvalue weighted by molar-refractivity contribution is 0.298. The molecule has 3 N–H and O–H groups in total. The summed E-state index contributed by atoms with van der Waals surface area (Å²) in [5.74, 6) is -0.0625. The maximum atomic E-state index is 13.7. The van der Waals surface area contributed by atoms with Crippen molar-refractivity contribution in [1.82, 2.24) is 5.32 Å². The van der Waals surface area contributed by atoms with Crippen LogP contribution in [-0.2, 0) is 0 Å². The Hall–Kier alpha value is -1.13. The molecule has 0 aliphatic rings. The lowest BCUT2D eigenvalue weighted by Gasteiger charge is -2.28. The van der Waals surface area contributed by atoms with Gasteiger partial charge in [0.1, 0.15) is 0 Å². The molecule has 0 radical (unpaired) electrons. The van der Waals surface area contributed by atoms with Gasteiger partial charge in [-0.2, -0.15) is 0 Å².